The van der Waals surface area contributed by atoms with Gasteiger partial charge in [0.15, 0.2) is 0 Å². The lowest BCUT2D eigenvalue weighted by molar-refractivity contribution is 0.102. The maximum absolute atomic E-state index is 12.3. The zero-order chi connectivity index (χ0) is 15.4. The first-order chi connectivity index (χ1) is 10.8. The van der Waals surface area contributed by atoms with Gasteiger partial charge in [0.25, 0.3) is 5.91 Å². The highest BCUT2D eigenvalue weighted by atomic mass is 32.1. The van der Waals surface area contributed by atoms with Gasteiger partial charge in [-0.15, -0.1) is 11.3 Å². The minimum atomic E-state index is -0.125. The first-order valence-corrected chi connectivity index (χ1v) is 8.70. The van der Waals surface area contributed by atoms with E-state index in [0.717, 1.165) is 36.6 Å². The minimum Gasteiger partial charge on any atom is -0.321 e. The Morgan fingerprint density at radius 2 is 2.41 bits per heavy atom. The minimum absolute atomic E-state index is 0.125. The second kappa shape index (κ2) is 7.03. The normalized spacial score (nSPS) is 18.1. The van der Waals surface area contributed by atoms with Gasteiger partial charge in [-0.2, -0.15) is 0 Å². The molecule has 0 aliphatic carbocycles. The van der Waals surface area contributed by atoms with E-state index < -0.39 is 0 Å². The van der Waals surface area contributed by atoms with Crippen LogP contribution in [0.3, 0.4) is 0 Å². The first-order valence-electron chi connectivity index (χ1n) is 7.82. The van der Waals surface area contributed by atoms with E-state index in [1.807, 2.05) is 23.6 Å². The predicted octanol–water partition coefficient (Wildman–Crippen LogP) is 3.42. The Morgan fingerprint density at radius 1 is 1.50 bits per heavy atom. The van der Waals surface area contributed by atoms with Crippen LogP contribution in [0.1, 0.15) is 46.7 Å². The van der Waals surface area contributed by atoms with Crippen LogP contribution >= 0.6 is 11.3 Å². The molecule has 4 nitrogen and oxygen atoms in total. The molecule has 3 rings (SSSR count). The summed E-state index contributed by atoms with van der Waals surface area (Å²) in [6.45, 7) is 4.15. The SMILES string of the molecule is CCc1cccc(NC(=O)c2csc(C3CCCNC3)n2)c1. The Bertz CT molecular complexity index is 647. The summed E-state index contributed by atoms with van der Waals surface area (Å²) in [5, 5.41) is 9.26. The van der Waals surface area contributed by atoms with Crippen molar-refractivity contribution in [1.29, 1.82) is 0 Å². The number of aromatic nitrogens is 1. The summed E-state index contributed by atoms with van der Waals surface area (Å²) in [5.74, 6) is 0.322. The summed E-state index contributed by atoms with van der Waals surface area (Å²) in [4.78, 5) is 16.9. The van der Waals surface area contributed by atoms with Crippen molar-refractivity contribution in [3.63, 3.8) is 0 Å². The van der Waals surface area contributed by atoms with Gasteiger partial charge in [-0.25, -0.2) is 4.98 Å². The molecule has 1 amide bonds. The number of hydrogen-bond acceptors (Lipinski definition) is 4. The molecule has 0 bridgehead atoms. The van der Waals surface area contributed by atoms with Crippen LogP contribution in [-0.4, -0.2) is 24.0 Å². The summed E-state index contributed by atoms with van der Waals surface area (Å²) in [6.07, 6.45) is 3.29. The summed E-state index contributed by atoms with van der Waals surface area (Å²) >= 11 is 1.59. The number of anilines is 1. The third-order valence-electron chi connectivity index (χ3n) is 3.99. The molecule has 1 aromatic heterocycles. The largest absolute Gasteiger partial charge is 0.321 e. The van der Waals surface area contributed by atoms with Gasteiger partial charge in [-0.05, 0) is 43.5 Å². The Morgan fingerprint density at radius 3 is 3.18 bits per heavy atom. The van der Waals surface area contributed by atoms with Crippen LogP contribution in [0.5, 0.6) is 0 Å². The molecule has 1 aromatic carbocycles. The molecule has 0 spiro atoms. The number of hydrogen-bond donors (Lipinski definition) is 2. The molecule has 116 valence electrons. The van der Waals surface area contributed by atoms with Gasteiger partial charge in [-0.3, -0.25) is 4.79 Å². The van der Waals surface area contributed by atoms with Crippen LogP contribution in [0, 0.1) is 0 Å². The molecule has 1 aliphatic heterocycles. The van der Waals surface area contributed by atoms with Crippen LogP contribution in [0.25, 0.3) is 0 Å². The second-order valence-corrected chi connectivity index (χ2v) is 6.51. The molecule has 1 aliphatic rings. The molecule has 0 saturated carbocycles. The maximum Gasteiger partial charge on any atom is 0.275 e. The monoisotopic (exact) mass is 315 g/mol. The zero-order valence-corrected chi connectivity index (χ0v) is 13.6. The fourth-order valence-electron chi connectivity index (χ4n) is 2.71. The van der Waals surface area contributed by atoms with Gasteiger partial charge < -0.3 is 10.6 Å². The number of rotatable bonds is 4. The van der Waals surface area contributed by atoms with Crippen LogP contribution in [0.2, 0.25) is 0 Å². The van der Waals surface area contributed by atoms with Crippen LogP contribution in [0.15, 0.2) is 29.6 Å². The second-order valence-electron chi connectivity index (χ2n) is 5.62. The van der Waals surface area contributed by atoms with E-state index in [4.69, 9.17) is 0 Å². The van der Waals surface area contributed by atoms with Crippen molar-refractivity contribution >= 4 is 22.9 Å². The number of amides is 1. The van der Waals surface area contributed by atoms with Gasteiger partial charge in [0, 0.05) is 23.5 Å². The maximum atomic E-state index is 12.3. The van der Waals surface area contributed by atoms with Crippen molar-refractivity contribution in [3.05, 3.63) is 45.9 Å². The number of nitrogens with zero attached hydrogens (tertiary/aromatic N) is 1. The highest BCUT2D eigenvalue weighted by Gasteiger charge is 2.20. The lowest BCUT2D eigenvalue weighted by Gasteiger charge is -2.20. The smallest absolute Gasteiger partial charge is 0.275 e. The van der Waals surface area contributed by atoms with E-state index in [1.54, 1.807) is 11.3 Å². The van der Waals surface area contributed by atoms with Crippen molar-refractivity contribution in [2.24, 2.45) is 0 Å². The standard InChI is InChI=1S/C17H21N3OS/c1-2-12-5-3-7-14(9-12)19-16(21)15-11-22-17(20-15)13-6-4-8-18-10-13/h3,5,7,9,11,13,18H,2,4,6,8,10H2,1H3,(H,19,21). The molecule has 2 N–H and O–H groups in total. The number of carbonyl (C=O) groups is 1. The topological polar surface area (TPSA) is 54.0 Å². The molecular formula is C17H21N3OS. The summed E-state index contributed by atoms with van der Waals surface area (Å²) < 4.78 is 0. The fourth-order valence-corrected chi connectivity index (χ4v) is 3.64. The van der Waals surface area contributed by atoms with Gasteiger partial charge in [0.05, 0.1) is 5.01 Å². The Hall–Kier alpha value is -1.72. The molecular weight excluding hydrogens is 294 g/mol. The van der Waals surface area contributed by atoms with E-state index in [2.05, 4.69) is 28.6 Å². The van der Waals surface area contributed by atoms with Gasteiger partial charge in [0.2, 0.25) is 0 Å². The zero-order valence-electron chi connectivity index (χ0n) is 12.8. The number of carbonyl (C=O) groups excluding carboxylic acids is 1. The van der Waals surface area contributed by atoms with E-state index in [-0.39, 0.29) is 5.91 Å². The molecule has 1 atom stereocenters. The van der Waals surface area contributed by atoms with E-state index in [0.29, 0.717) is 11.6 Å². The van der Waals surface area contributed by atoms with E-state index >= 15 is 0 Å². The lowest BCUT2D eigenvalue weighted by Crippen LogP contribution is -2.28. The quantitative estimate of drug-likeness (QED) is 0.909. The molecule has 1 unspecified atom stereocenters. The van der Waals surface area contributed by atoms with Gasteiger partial charge >= 0.3 is 0 Å². The average Bonchev–Trinajstić information content (AvgIpc) is 3.06. The molecule has 0 radical (unpaired) electrons. The van der Waals surface area contributed by atoms with E-state index in [1.165, 1.54) is 12.0 Å². The number of aryl methyl sites for hydroxylation is 1. The van der Waals surface area contributed by atoms with Crippen molar-refractivity contribution in [2.75, 3.05) is 18.4 Å². The van der Waals surface area contributed by atoms with E-state index in [9.17, 15) is 4.79 Å². The lowest BCUT2D eigenvalue weighted by atomic mass is 10.0. The molecule has 2 aromatic rings. The predicted molar refractivity (Wildman–Crippen MR) is 90.7 cm³/mol. The number of nitrogens with one attached hydrogen (secondary N) is 2. The number of benzene rings is 1. The highest BCUT2D eigenvalue weighted by molar-refractivity contribution is 7.10. The van der Waals surface area contributed by atoms with Crippen molar-refractivity contribution < 1.29 is 4.79 Å². The number of piperidine rings is 1. The fraction of sp³-hybridized carbons (Fsp3) is 0.412. The molecule has 1 fully saturated rings. The van der Waals surface area contributed by atoms with Gasteiger partial charge in [-0.1, -0.05) is 19.1 Å². The molecule has 5 heteroatoms. The van der Waals surface area contributed by atoms with Crippen LogP contribution in [0.4, 0.5) is 5.69 Å². The number of thiazole rings is 1. The summed E-state index contributed by atoms with van der Waals surface area (Å²) in [6, 6.07) is 7.95. The summed E-state index contributed by atoms with van der Waals surface area (Å²) in [5.41, 5.74) is 2.57. The molecule has 2 heterocycles. The summed E-state index contributed by atoms with van der Waals surface area (Å²) in [7, 11) is 0. The highest BCUT2D eigenvalue weighted by Crippen LogP contribution is 2.26. The van der Waals surface area contributed by atoms with Crippen molar-refractivity contribution in [1.82, 2.24) is 10.3 Å². The average molecular weight is 315 g/mol. The Balaban J connectivity index is 1.68. The van der Waals surface area contributed by atoms with Crippen molar-refractivity contribution in [2.45, 2.75) is 32.1 Å². The van der Waals surface area contributed by atoms with Crippen LogP contribution in [-0.2, 0) is 6.42 Å². The molecule has 1 saturated heterocycles. The Labute approximate surface area is 135 Å². The molecule has 22 heavy (non-hydrogen) atoms. The van der Waals surface area contributed by atoms with Gasteiger partial charge in [0.1, 0.15) is 5.69 Å². The first kappa shape index (κ1) is 15.2. The van der Waals surface area contributed by atoms with Crippen LogP contribution < -0.4 is 10.6 Å². The van der Waals surface area contributed by atoms with Crippen molar-refractivity contribution in [3.8, 4) is 0 Å². The third-order valence-corrected chi connectivity index (χ3v) is 5.00. The Kier molecular flexibility index (Phi) is 4.85. The third kappa shape index (κ3) is 3.54.